The quantitative estimate of drug-likeness (QED) is 0.920. The molecule has 1 fully saturated rings. The predicted molar refractivity (Wildman–Crippen MR) is 73.8 cm³/mol. The zero-order valence-corrected chi connectivity index (χ0v) is 11.5. The smallest absolute Gasteiger partial charge is 0.222 e. The van der Waals surface area contributed by atoms with Crippen LogP contribution in [0.3, 0.4) is 0 Å². The average molecular weight is 285 g/mol. The molecule has 2 rings (SSSR count). The molecule has 0 atom stereocenters. The van der Waals surface area contributed by atoms with E-state index in [-0.39, 0.29) is 11.7 Å². The Morgan fingerprint density at radius 2 is 2.11 bits per heavy atom. The lowest BCUT2D eigenvalue weighted by molar-refractivity contribution is -0.131. The molecule has 0 aliphatic carbocycles. The third-order valence-corrected chi connectivity index (χ3v) is 3.70. The topological polar surface area (TPSA) is 32.3 Å². The van der Waals surface area contributed by atoms with Gasteiger partial charge in [-0.1, -0.05) is 17.7 Å². The molecule has 104 valence electrons. The molecule has 1 heterocycles. The molecule has 3 nitrogen and oxygen atoms in total. The molecule has 0 aromatic heterocycles. The van der Waals surface area contributed by atoms with Gasteiger partial charge in [-0.15, -0.1) is 0 Å². The Kier molecular flexibility index (Phi) is 5.16. The van der Waals surface area contributed by atoms with Crippen LogP contribution in [0.1, 0.15) is 18.4 Å². The lowest BCUT2D eigenvalue weighted by Crippen LogP contribution is -2.46. The number of carbonyl (C=O) groups is 1. The molecule has 0 bridgehead atoms. The van der Waals surface area contributed by atoms with Crippen LogP contribution in [-0.2, 0) is 11.2 Å². The first-order valence-electron chi connectivity index (χ1n) is 6.60. The first kappa shape index (κ1) is 14.3. The van der Waals surface area contributed by atoms with E-state index in [1.54, 1.807) is 12.1 Å². The number of carbonyl (C=O) groups excluding carboxylic acids is 1. The van der Waals surface area contributed by atoms with Gasteiger partial charge in [-0.3, -0.25) is 4.79 Å². The molecule has 1 saturated heterocycles. The highest BCUT2D eigenvalue weighted by molar-refractivity contribution is 6.31. The van der Waals surface area contributed by atoms with E-state index in [1.807, 2.05) is 4.90 Å². The van der Waals surface area contributed by atoms with Crippen molar-refractivity contribution in [1.29, 1.82) is 0 Å². The lowest BCUT2D eigenvalue weighted by Gasteiger charge is -2.27. The summed E-state index contributed by atoms with van der Waals surface area (Å²) >= 11 is 5.95. The normalized spacial score (nSPS) is 15.6. The van der Waals surface area contributed by atoms with Gasteiger partial charge >= 0.3 is 0 Å². The summed E-state index contributed by atoms with van der Waals surface area (Å²) in [6.07, 6.45) is 1.58. The molecule has 1 aliphatic rings. The zero-order chi connectivity index (χ0) is 13.7. The molecule has 1 aliphatic heterocycles. The molecule has 0 radical (unpaired) electrons. The van der Waals surface area contributed by atoms with Crippen LogP contribution in [0.4, 0.5) is 4.39 Å². The van der Waals surface area contributed by atoms with Crippen LogP contribution in [0, 0.1) is 5.82 Å². The van der Waals surface area contributed by atoms with Crippen molar-refractivity contribution in [2.75, 3.05) is 26.2 Å². The van der Waals surface area contributed by atoms with Gasteiger partial charge < -0.3 is 10.2 Å². The second kappa shape index (κ2) is 6.87. The first-order valence-corrected chi connectivity index (χ1v) is 6.97. The molecular formula is C14H18ClFN2O. The van der Waals surface area contributed by atoms with Gasteiger partial charge in [0, 0.05) is 43.2 Å². The van der Waals surface area contributed by atoms with Crippen LogP contribution in [-0.4, -0.2) is 37.0 Å². The van der Waals surface area contributed by atoms with Crippen molar-refractivity contribution < 1.29 is 9.18 Å². The monoisotopic (exact) mass is 284 g/mol. The number of nitrogens with zero attached hydrogens (tertiary/aromatic N) is 1. The number of piperazine rings is 1. The van der Waals surface area contributed by atoms with Gasteiger partial charge in [-0.25, -0.2) is 4.39 Å². The number of amides is 1. The van der Waals surface area contributed by atoms with Gasteiger partial charge in [0.25, 0.3) is 0 Å². The van der Waals surface area contributed by atoms with Crippen LogP contribution in [0.25, 0.3) is 0 Å². The van der Waals surface area contributed by atoms with Crippen molar-refractivity contribution in [2.45, 2.75) is 19.3 Å². The summed E-state index contributed by atoms with van der Waals surface area (Å²) in [7, 11) is 0. The number of nitrogens with one attached hydrogen (secondary N) is 1. The summed E-state index contributed by atoms with van der Waals surface area (Å²) in [6.45, 7) is 3.23. The van der Waals surface area contributed by atoms with Gasteiger partial charge in [0.15, 0.2) is 0 Å². The average Bonchev–Trinajstić information content (AvgIpc) is 2.43. The fourth-order valence-corrected chi connectivity index (χ4v) is 2.52. The van der Waals surface area contributed by atoms with Crippen LogP contribution >= 0.6 is 11.6 Å². The highest BCUT2D eigenvalue weighted by atomic mass is 35.5. The summed E-state index contributed by atoms with van der Waals surface area (Å²) in [5.41, 5.74) is 0.511. The molecule has 1 aromatic rings. The second-order valence-electron chi connectivity index (χ2n) is 4.68. The van der Waals surface area contributed by atoms with Crippen molar-refractivity contribution in [3.8, 4) is 0 Å². The molecule has 0 spiro atoms. The molecule has 1 aromatic carbocycles. The van der Waals surface area contributed by atoms with E-state index in [9.17, 15) is 9.18 Å². The number of benzene rings is 1. The molecule has 5 heteroatoms. The van der Waals surface area contributed by atoms with Gasteiger partial charge in [0.05, 0.1) is 0 Å². The number of hydrogen-bond donors (Lipinski definition) is 1. The Labute approximate surface area is 117 Å². The SMILES string of the molecule is O=C(CCCc1c(F)cccc1Cl)N1CCNCC1. The minimum atomic E-state index is -0.290. The number of rotatable bonds is 4. The van der Waals surface area contributed by atoms with E-state index in [0.717, 1.165) is 26.2 Å². The Morgan fingerprint density at radius 3 is 2.79 bits per heavy atom. The van der Waals surface area contributed by atoms with Crippen molar-refractivity contribution >= 4 is 17.5 Å². The van der Waals surface area contributed by atoms with Crippen molar-refractivity contribution in [3.63, 3.8) is 0 Å². The minimum Gasteiger partial charge on any atom is -0.340 e. The molecule has 1 N–H and O–H groups in total. The molecule has 1 amide bonds. The Bertz CT molecular complexity index is 427. The van der Waals surface area contributed by atoms with E-state index in [2.05, 4.69) is 5.32 Å². The van der Waals surface area contributed by atoms with Crippen molar-refractivity contribution in [2.24, 2.45) is 0 Å². The van der Waals surface area contributed by atoms with Gasteiger partial charge in [-0.05, 0) is 25.0 Å². The maximum absolute atomic E-state index is 13.5. The summed E-state index contributed by atoms with van der Waals surface area (Å²) in [5, 5.41) is 3.65. The summed E-state index contributed by atoms with van der Waals surface area (Å²) in [6, 6.07) is 4.67. The largest absolute Gasteiger partial charge is 0.340 e. The van der Waals surface area contributed by atoms with Crippen LogP contribution in [0.15, 0.2) is 18.2 Å². The predicted octanol–water partition coefficient (Wildman–Crippen LogP) is 2.23. The standard InChI is InChI=1S/C14H18ClFN2O/c15-12-4-2-5-13(16)11(12)3-1-6-14(19)18-9-7-17-8-10-18/h2,4-5,17H,1,3,6-10H2. The first-order chi connectivity index (χ1) is 9.18. The van der Waals surface area contributed by atoms with Crippen LogP contribution in [0.2, 0.25) is 5.02 Å². The third kappa shape index (κ3) is 3.91. The Hall–Kier alpha value is -1.13. The molecule has 0 unspecified atom stereocenters. The van der Waals surface area contributed by atoms with Gasteiger partial charge in [0.2, 0.25) is 5.91 Å². The molecule has 0 saturated carbocycles. The number of halogens is 2. The Balaban J connectivity index is 1.81. The highest BCUT2D eigenvalue weighted by Gasteiger charge is 2.16. The number of hydrogen-bond acceptors (Lipinski definition) is 2. The maximum atomic E-state index is 13.5. The summed E-state index contributed by atoms with van der Waals surface area (Å²) in [5.74, 6) is -0.143. The second-order valence-corrected chi connectivity index (χ2v) is 5.09. The highest BCUT2D eigenvalue weighted by Crippen LogP contribution is 2.21. The summed E-state index contributed by atoms with van der Waals surface area (Å²) in [4.78, 5) is 13.8. The lowest BCUT2D eigenvalue weighted by atomic mass is 10.1. The van der Waals surface area contributed by atoms with E-state index >= 15 is 0 Å². The summed E-state index contributed by atoms with van der Waals surface area (Å²) < 4.78 is 13.5. The van der Waals surface area contributed by atoms with Crippen molar-refractivity contribution in [1.82, 2.24) is 10.2 Å². The van der Waals surface area contributed by atoms with E-state index in [0.29, 0.717) is 29.8 Å². The van der Waals surface area contributed by atoms with Gasteiger partial charge in [-0.2, -0.15) is 0 Å². The Morgan fingerprint density at radius 1 is 1.37 bits per heavy atom. The fraction of sp³-hybridized carbons (Fsp3) is 0.500. The molecular weight excluding hydrogens is 267 g/mol. The van der Waals surface area contributed by atoms with E-state index in [4.69, 9.17) is 11.6 Å². The minimum absolute atomic E-state index is 0.147. The third-order valence-electron chi connectivity index (χ3n) is 3.35. The van der Waals surface area contributed by atoms with E-state index in [1.165, 1.54) is 6.07 Å². The zero-order valence-electron chi connectivity index (χ0n) is 10.8. The fourth-order valence-electron chi connectivity index (χ4n) is 2.26. The van der Waals surface area contributed by atoms with Crippen LogP contribution < -0.4 is 5.32 Å². The van der Waals surface area contributed by atoms with E-state index < -0.39 is 0 Å². The van der Waals surface area contributed by atoms with Gasteiger partial charge in [0.1, 0.15) is 5.82 Å². The molecule has 19 heavy (non-hydrogen) atoms. The maximum Gasteiger partial charge on any atom is 0.222 e. The van der Waals surface area contributed by atoms with Crippen LogP contribution in [0.5, 0.6) is 0 Å². The van der Waals surface area contributed by atoms with Crippen molar-refractivity contribution in [3.05, 3.63) is 34.6 Å².